The van der Waals surface area contributed by atoms with Crippen molar-refractivity contribution < 1.29 is 13.9 Å². The molecule has 7 nitrogen and oxygen atoms in total. The van der Waals surface area contributed by atoms with Gasteiger partial charge in [0.1, 0.15) is 4.70 Å². The van der Waals surface area contributed by atoms with Crippen molar-refractivity contribution in [3.05, 3.63) is 45.4 Å². The molecule has 0 spiro atoms. The molecule has 5 rings (SSSR count). The molecule has 144 valence electrons. The van der Waals surface area contributed by atoms with Gasteiger partial charge in [-0.3, -0.25) is 9.59 Å². The highest BCUT2D eigenvalue weighted by atomic mass is 32.1. The maximum Gasteiger partial charge on any atom is 0.238 e. The number of thiophene rings is 1. The summed E-state index contributed by atoms with van der Waals surface area (Å²) < 4.78 is 12.2. The van der Waals surface area contributed by atoms with Gasteiger partial charge in [-0.1, -0.05) is 12.1 Å². The van der Waals surface area contributed by atoms with Crippen molar-refractivity contribution in [1.29, 1.82) is 0 Å². The smallest absolute Gasteiger partial charge is 0.238 e. The van der Waals surface area contributed by atoms with Gasteiger partial charge in [0.05, 0.1) is 18.9 Å². The number of amides is 1. The minimum Gasteiger partial charge on any atom is -0.439 e. The number of fused-ring (bicyclic) bond motifs is 2. The summed E-state index contributed by atoms with van der Waals surface area (Å²) >= 11 is 1.39. The van der Waals surface area contributed by atoms with Gasteiger partial charge in [0.15, 0.2) is 11.5 Å². The number of rotatable bonds is 2. The monoisotopic (exact) mass is 397 g/mol. The van der Waals surface area contributed by atoms with E-state index in [4.69, 9.17) is 9.15 Å². The van der Waals surface area contributed by atoms with Gasteiger partial charge in [0.2, 0.25) is 11.3 Å². The largest absolute Gasteiger partial charge is 0.439 e. The lowest BCUT2D eigenvalue weighted by molar-refractivity contribution is -0.117. The molecule has 1 fully saturated rings. The fourth-order valence-electron chi connectivity index (χ4n) is 3.69. The lowest BCUT2D eigenvalue weighted by Gasteiger charge is -2.27. The Hall–Kier alpha value is -2.68. The molecule has 1 N–H and O–H groups in total. The first-order chi connectivity index (χ1) is 13.6. The molecule has 2 aliphatic rings. The zero-order valence-corrected chi connectivity index (χ0v) is 16.2. The first kappa shape index (κ1) is 17.4. The van der Waals surface area contributed by atoms with Gasteiger partial charge in [0.25, 0.3) is 0 Å². The Kier molecular flexibility index (Phi) is 4.19. The average Bonchev–Trinajstić information content (AvgIpc) is 3.32. The standard InChI is InChI=1S/C20H19N3O4S/c1-12(24)23-16-8-13(2-3-14(16)10-21-23)15-11-28-20-17(25)9-18(27-19(15)20)22-4-6-26-7-5-22/h2-3,8-9,11,21H,4-7,10H2,1H3. The zero-order valence-electron chi connectivity index (χ0n) is 15.4. The van der Waals surface area contributed by atoms with E-state index in [2.05, 4.69) is 5.43 Å². The van der Waals surface area contributed by atoms with E-state index < -0.39 is 0 Å². The highest BCUT2D eigenvalue weighted by Crippen LogP contribution is 2.37. The molecule has 2 aromatic heterocycles. The predicted molar refractivity (Wildman–Crippen MR) is 109 cm³/mol. The molecule has 1 amide bonds. The zero-order chi connectivity index (χ0) is 19.3. The molecular weight excluding hydrogens is 378 g/mol. The molecule has 3 aromatic rings. The summed E-state index contributed by atoms with van der Waals surface area (Å²) in [7, 11) is 0. The van der Waals surface area contributed by atoms with Gasteiger partial charge in [0, 0.05) is 43.6 Å². The van der Waals surface area contributed by atoms with Crippen LogP contribution in [0, 0.1) is 0 Å². The van der Waals surface area contributed by atoms with Crippen molar-refractivity contribution in [3.8, 4) is 11.1 Å². The third kappa shape index (κ3) is 2.81. The SMILES string of the molecule is CC(=O)N1NCc2ccc(-c3csc4c(=O)cc(N5CCOCC5)oc34)cc21. The summed E-state index contributed by atoms with van der Waals surface area (Å²) in [5, 5.41) is 3.50. The van der Waals surface area contributed by atoms with Crippen molar-refractivity contribution in [2.75, 3.05) is 36.2 Å². The molecule has 1 saturated heterocycles. The minimum absolute atomic E-state index is 0.0350. The lowest BCUT2D eigenvalue weighted by Crippen LogP contribution is -2.36. The third-order valence-corrected chi connectivity index (χ3v) is 6.11. The van der Waals surface area contributed by atoms with Crippen LogP contribution >= 0.6 is 11.3 Å². The third-order valence-electron chi connectivity index (χ3n) is 5.13. The number of anilines is 2. The normalized spacial score (nSPS) is 16.6. The number of hydrogen-bond acceptors (Lipinski definition) is 7. The summed E-state index contributed by atoms with van der Waals surface area (Å²) in [5.74, 6) is 0.515. The molecule has 2 aliphatic heterocycles. The van der Waals surface area contributed by atoms with Crippen molar-refractivity contribution >= 4 is 39.1 Å². The predicted octanol–water partition coefficient (Wildman–Crippen LogP) is 2.73. The molecule has 0 atom stereocenters. The van der Waals surface area contributed by atoms with Crippen LogP contribution in [0.1, 0.15) is 12.5 Å². The van der Waals surface area contributed by atoms with Crippen LogP contribution in [0.25, 0.3) is 21.4 Å². The fourth-order valence-corrected chi connectivity index (χ4v) is 4.60. The molecule has 0 unspecified atom stereocenters. The van der Waals surface area contributed by atoms with Crippen LogP contribution in [0.4, 0.5) is 11.6 Å². The maximum atomic E-state index is 12.6. The second-order valence-corrected chi connectivity index (χ2v) is 7.77. The summed E-state index contributed by atoms with van der Waals surface area (Å²) in [6.45, 7) is 4.80. The number of benzene rings is 1. The van der Waals surface area contributed by atoms with Crippen LogP contribution in [-0.2, 0) is 16.1 Å². The summed E-state index contributed by atoms with van der Waals surface area (Å²) in [5.41, 5.74) is 7.34. The second-order valence-electron chi connectivity index (χ2n) is 6.89. The highest BCUT2D eigenvalue weighted by Gasteiger charge is 2.24. The van der Waals surface area contributed by atoms with Crippen LogP contribution in [0.5, 0.6) is 0 Å². The number of nitrogens with one attached hydrogen (secondary N) is 1. The Morgan fingerprint density at radius 3 is 2.82 bits per heavy atom. The minimum atomic E-state index is -0.0628. The van der Waals surface area contributed by atoms with Gasteiger partial charge in [-0.2, -0.15) is 0 Å². The molecule has 1 aromatic carbocycles. The van der Waals surface area contributed by atoms with Crippen molar-refractivity contribution in [2.24, 2.45) is 0 Å². The Morgan fingerprint density at radius 1 is 1.21 bits per heavy atom. The Balaban J connectivity index is 1.62. The fraction of sp³-hybridized carbons (Fsp3) is 0.300. The van der Waals surface area contributed by atoms with Gasteiger partial charge in [-0.05, 0) is 17.2 Å². The van der Waals surface area contributed by atoms with E-state index in [1.807, 2.05) is 28.5 Å². The molecule has 28 heavy (non-hydrogen) atoms. The number of hydrogen-bond donors (Lipinski definition) is 1. The maximum absolute atomic E-state index is 12.6. The first-order valence-electron chi connectivity index (χ1n) is 9.17. The van der Waals surface area contributed by atoms with Gasteiger partial charge in [-0.25, -0.2) is 10.4 Å². The van der Waals surface area contributed by atoms with E-state index in [-0.39, 0.29) is 11.3 Å². The molecule has 4 heterocycles. The van der Waals surface area contributed by atoms with E-state index in [1.54, 1.807) is 11.1 Å². The number of morpholine rings is 1. The average molecular weight is 397 g/mol. The highest BCUT2D eigenvalue weighted by molar-refractivity contribution is 7.17. The van der Waals surface area contributed by atoms with Crippen molar-refractivity contribution in [2.45, 2.75) is 13.5 Å². The van der Waals surface area contributed by atoms with Gasteiger partial charge < -0.3 is 14.1 Å². The van der Waals surface area contributed by atoms with E-state index in [1.165, 1.54) is 18.3 Å². The van der Waals surface area contributed by atoms with E-state index >= 15 is 0 Å². The molecule has 0 saturated carbocycles. The van der Waals surface area contributed by atoms with E-state index in [0.29, 0.717) is 49.0 Å². The Bertz CT molecular complexity index is 1130. The number of carbonyl (C=O) groups excluding carboxylic acids is 1. The number of carbonyl (C=O) groups is 1. The summed E-state index contributed by atoms with van der Waals surface area (Å²) in [6, 6.07) is 7.55. The van der Waals surface area contributed by atoms with Crippen LogP contribution in [0.15, 0.2) is 38.9 Å². The van der Waals surface area contributed by atoms with E-state index in [0.717, 1.165) is 22.4 Å². The molecule has 0 bridgehead atoms. The first-order valence-corrected chi connectivity index (χ1v) is 10.1. The van der Waals surface area contributed by atoms with Gasteiger partial charge in [-0.15, -0.1) is 11.3 Å². The van der Waals surface area contributed by atoms with Crippen LogP contribution < -0.4 is 20.8 Å². The van der Waals surface area contributed by atoms with Crippen molar-refractivity contribution in [3.63, 3.8) is 0 Å². The number of hydrazine groups is 1. The lowest BCUT2D eigenvalue weighted by atomic mass is 10.0. The second kappa shape index (κ2) is 6.73. The van der Waals surface area contributed by atoms with Gasteiger partial charge >= 0.3 is 0 Å². The molecule has 0 aliphatic carbocycles. The van der Waals surface area contributed by atoms with Crippen LogP contribution in [0.3, 0.4) is 0 Å². The molecule has 0 radical (unpaired) electrons. The molecular formula is C20H19N3O4S. The summed E-state index contributed by atoms with van der Waals surface area (Å²) in [6.07, 6.45) is 0. The van der Waals surface area contributed by atoms with Crippen LogP contribution in [-0.4, -0.2) is 32.2 Å². The number of ether oxygens (including phenoxy) is 1. The molecule has 8 heteroatoms. The Labute approximate surface area is 165 Å². The van der Waals surface area contributed by atoms with Crippen LogP contribution in [0.2, 0.25) is 0 Å². The topological polar surface area (TPSA) is 75.0 Å². The van der Waals surface area contributed by atoms with E-state index in [9.17, 15) is 9.59 Å². The number of nitrogens with zero attached hydrogens (tertiary/aromatic N) is 2. The Morgan fingerprint density at radius 2 is 2.04 bits per heavy atom. The van der Waals surface area contributed by atoms with Crippen molar-refractivity contribution in [1.82, 2.24) is 5.43 Å². The summed E-state index contributed by atoms with van der Waals surface area (Å²) in [4.78, 5) is 26.6. The quantitative estimate of drug-likeness (QED) is 0.717.